The molecule has 1 aromatic rings. The van der Waals surface area contributed by atoms with Crippen LogP contribution >= 0.6 is 0 Å². The van der Waals surface area contributed by atoms with Gasteiger partial charge in [-0.15, -0.1) is 0 Å². The van der Waals surface area contributed by atoms with Crippen LogP contribution < -0.4 is 10.7 Å². The molecule has 0 bridgehead atoms. The van der Waals surface area contributed by atoms with Gasteiger partial charge < -0.3 is 14.9 Å². The van der Waals surface area contributed by atoms with E-state index in [1.807, 2.05) is 17.0 Å². The van der Waals surface area contributed by atoms with Gasteiger partial charge in [-0.2, -0.15) is 0 Å². The van der Waals surface area contributed by atoms with Crippen molar-refractivity contribution in [1.29, 1.82) is 0 Å². The molecule has 1 saturated carbocycles. The molecule has 3 N–H and O–H groups in total. The third-order valence-electron chi connectivity index (χ3n) is 7.15. The molecule has 1 aromatic carbocycles. The Hall–Kier alpha value is -2.00. The van der Waals surface area contributed by atoms with Gasteiger partial charge in [0.05, 0.1) is 6.17 Å². The summed E-state index contributed by atoms with van der Waals surface area (Å²) < 4.78 is 0. The molecule has 2 atom stereocenters. The quantitative estimate of drug-likeness (QED) is 0.667. The number of rotatable bonds is 3. The molecule has 0 radical (unpaired) electrons. The average Bonchev–Trinajstić information content (AvgIpc) is 3.24. The van der Waals surface area contributed by atoms with Crippen LogP contribution in [0.2, 0.25) is 0 Å². The summed E-state index contributed by atoms with van der Waals surface area (Å²) in [5.41, 5.74) is 4.34. The lowest BCUT2D eigenvalue weighted by Crippen LogP contribution is -2.58. The van der Waals surface area contributed by atoms with E-state index in [2.05, 4.69) is 27.9 Å². The molecule has 8 heteroatoms. The second-order valence-electron chi connectivity index (χ2n) is 9.01. The number of fused-ring (bicyclic) bond motifs is 1. The minimum Gasteiger partial charge on any atom is -0.380 e. The number of hydrogen-bond acceptors (Lipinski definition) is 6. The maximum Gasteiger partial charge on any atom is 0.254 e. The lowest BCUT2D eigenvalue weighted by Gasteiger charge is -2.42. The first-order valence-electron chi connectivity index (χ1n) is 11.2. The van der Waals surface area contributed by atoms with Crippen LogP contribution in [0, 0.1) is 0 Å². The van der Waals surface area contributed by atoms with E-state index in [9.17, 15) is 14.7 Å². The van der Waals surface area contributed by atoms with Gasteiger partial charge in [0.15, 0.2) is 0 Å². The van der Waals surface area contributed by atoms with Gasteiger partial charge in [0.25, 0.3) is 11.8 Å². The summed E-state index contributed by atoms with van der Waals surface area (Å²) in [7, 11) is 0. The summed E-state index contributed by atoms with van der Waals surface area (Å²) >= 11 is 0. The molecule has 0 spiro atoms. The Kier molecular flexibility index (Phi) is 5.26. The SMILES string of the molecule is O=C(c1ccc(C2CCC3NCCN3N2)cc1)N1CCN(C(=O)C2(O)CCC2)CC1. The van der Waals surface area contributed by atoms with Gasteiger partial charge in [0.2, 0.25) is 0 Å². The normalized spacial score (nSPS) is 28.7. The Labute approximate surface area is 177 Å². The number of amides is 2. The molecule has 3 saturated heterocycles. The highest BCUT2D eigenvalue weighted by atomic mass is 16.3. The van der Waals surface area contributed by atoms with Gasteiger partial charge in [-0.25, -0.2) is 10.4 Å². The van der Waals surface area contributed by atoms with Crippen molar-refractivity contribution in [3.8, 4) is 0 Å². The van der Waals surface area contributed by atoms with Crippen molar-refractivity contribution in [1.82, 2.24) is 25.6 Å². The molecule has 2 amide bonds. The molecular formula is C22H31N5O3. The zero-order chi connectivity index (χ0) is 20.7. The minimum atomic E-state index is -1.15. The fourth-order valence-electron chi connectivity index (χ4n) is 5.03. The summed E-state index contributed by atoms with van der Waals surface area (Å²) in [6.07, 6.45) is 4.66. The molecule has 4 aliphatic rings. The molecule has 0 aromatic heterocycles. The van der Waals surface area contributed by atoms with E-state index in [-0.39, 0.29) is 17.9 Å². The number of piperazine rings is 1. The second kappa shape index (κ2) is 7.92. The minimum absolute atomic E-state index is 0.0106. The zero-order valence-electron chi connectivity index (χ0n) is 17.3. The van der Waals surface area contributed by atoms with Crippen LogP contribution in [0.15, 0.2) is 24.3 Å². The molecule has 162 valence electrons. The molecule has 2 unspecified atom stereocenters. The van der Waals surface area contributed by atoms with Crippen molar-refractivity contribution in [3.63, 3.8) is 0 Å². The van der Waals surface area contributed by atoms with Crippen molar-refractivity contribution in [2.45, 2.75) is 49.9 Å². The first-order valence-corrected chi connectivity index (χ1v) is 11.2. The van der Waals surface area contributed by atoms with E-state index < -0.39 is 5.60 Å². The molecule has 5 rings (SSSR count). The van der Waals surface area contributed by atoms with Crippen LogP contribution in [0.3, 0.4) is 0 Å². The lowest BCUT2D eigenvalue weighted by atomic mass is 9.79. The van der Waals surface area contributed by atoms with E-state index in [1.54, 1.807) is 4.90 Å². The number of aliphatic hydroxyl groups is 1. The van der Waals surface area contributed by atoms with Crippen molar-refractivity contribution in [2.75, 3.05) is 39.3 Å². The lowest BCUT2D eigenvalue weighted by molar-refractivity contribution is -0.161. The summed E-state index contributed by atoms with van der Waals surface area (Å²) in [6, 6.07) is 8.24. The molecule has 3 heterocycles. The maximum absolute atomic E-state index is 12.9. The summed E-state index contributed by atoms with van der Waals surface area (Å²) in [5.74, 6) is -0.156. The van der Waals surface area contributed by atoms with Crippen LogP contribution in [-0.4, -0.2) is 82.8 Å². The molecule has 8 nitrogen and oxygen atoms in total. The van der Waals surface area contributed by atoms with Crippen molar-refractivity contribution in [2.24, 2.45) is 0 Å². The van der Waals surface area contributed by atoms with Crippen LogP contribution in [0.1, 0.15) is 54.1 Å². The Bertz CT molecular complexity index is 801. The molecule has 3 aliphatic heterocycles. The largest absolute Gasteiger partial charge is 0.380 e. The average molecular weight is 414 g/mol. The van der Waals surface area contributed by atoms with Gasteiger partial charge in [-0.05, 0) is 49.8 Å². The van der Waals surface area contributed by atoms with E-state index in [0.717, 1.165) is 32.4 Å². The third-order valence-corrected chi connectivity index (χ3v) is 7.15. The number of hydrazine groups is 1. The zero-order valence-corrected chi connectivity index (χ0v) is 17.3. The van der Waals surface area contributed by atoms with Crippen molar-refractivity contribution in [3.05, 3.63) is 35.4 Å². The first kappa shape index (κ1) is 19.9. The smallest absolute Gasteiger partial charge is 0.254 e. The second-order valence-corrected chi connectivity index (χ2v) is 9.01. The van der Waals surface area contributed by atoms with Crippen LogP contribution in [0.25, 0.3) is 0 Å². The molecular weight excluding hydrogens is 382 g/mol. The van der Waals surface area contributed by atoms with Gasteiger partial charge in [0.1, 0.15) is 5.60 Å². The summed E-state index contributed by atoms with van der Waals surface area (Å²) in [6.45, 7) is 4.04. The predicted molar refractivity (Wildman–Crippen MR) is 111 cm³/mol. The van der Waals surface area contributed by atoms with Crippen molar-refractivity contribution < 1.29 is 14.7 Å². The number of nitrogens with one attached hydrogen (secondary N) is 2. The first-order chi connectivity index (χ1) is 14.5. The van der Waals surface area contributed by atoms with Crippen molar-refractivity contribution >= 4 is 11.8 Å². The molecule has 30 heavy (non-hydrogen) atoms. The highest BCUT2D eigenvalue weighted by molar-refractivity contribution is 5.94. The maximum atomic E-state index is 12.9. The summed E-state index contributed by atoms with van der Waals surface area (Å²) in [5, 5.41) is 16.1. The van der Waals surface area contributed by atoms with E-state index in [4.69, 9.17) is 0 Å². The number of hydrogen-bond donors (Lipinski definition) is 3. The fraction of sp³-hybridized carbons (Fsp3) is 0.636. The van der Waals surface area contributed by atoms with E-state index >= 15 is 0 Å². The Balaban J connectivity index is 1.16. The Morgan fingerprint density at radius 3 is 2.33 bits per heavy atom. The summed E-state index contributed by atoms with van der Waals surface area (Å²) in [4.78, 5) is 28.9. The fourth-order valence-corrected chi connectivity index (χ4v) is 5.03. The Morgan fingerprint density at radius 1 is 0.967 bits per heavy atom. The van der Waals surface area contributed by atoms with Gasteiger partial charge >= 0.3 is 0 Å². The number of nitrogens with zero attached hydrogens (tertiary/aromatic N) is 3. The van der Waals surface area contributed by atoms with Crippen LogP contribution in [-0.2, 0) is 4.79 Å². The molecule has 1 aliphatic carbocycles. The third kappa shape index (κ3) is 3.62. The highest BCUT2D eigenvalue weighted by Gasteiger charge is 2.45. The number of benzene rings is 1. The van der Waals surface area contributed by atoms with Gasteiger partial charge in [-0.3, -0.25) is 14.9 Å². The van der Waals surface area contributed by atoms with E-state index in [1.165, 1.54) is 5.56 Å². The van der Waals surface area contributed by atoms with Crippen LogP contribution in [0.4, 0.5) is 0 Å². The van der Waals surface area contributed by atoms with Gasteiger partial charge in [0, 0.05) is 50.9 Å². The topological polar surface area (TPSA) is 88.2 Å². The highest BCUT2D eigenvalue weighted by Crippen LogP contribution is 2.33. The van der Waals surface area contributed by atoms with E-state index in [0.29, 0.717) is 50.7 Å². The van der Waals surface area contributed by atoms with Gasteiger partial charge in [-0.1, -0.05) is 12.1 Å². The number of carbonyl (C=O) groups is 2. The van der Waals surface area contributed by atoms with Crippen LogP contribution in [0.5, 0.6) is 0 Å². The predicted octanol–water partition coefficient (Wildman–Crippen LogP) is 0.457. The Morgan fingerprint density at radius 2 is 1.67 bits per heavy atom. The number of carbonyl (C=O) groups excluding carboxylic acids is 2. The standard InChI is InChI=1S/C22H31N5O3/c28-20(25-12-14-26(15-13-25)21(29)22(30)8-1-9-22)17-4-2-16(3-5-17)18-6-7-19-23-10-11-27(19)24-18/h2-5,18-19,23-24,30H,1,6-15H2. The molecule has 4 fully saturated rings. The monoisotopic (exact) mass is 413 g/mol.